The van der Waals surface area contributed by atoms with Crippen molar-refractivity contribution in [2.24, 2.45) is 5.92 Å². The predicted molar refractivity (Wildman–Crippen MR) is 95.6 cm³/mol. The van der Waals surface area contributed by atoms with Crippen LogP contribution in [0.15, 0.2) is 24.3 Å². The molecule has 1 aromatic carbocycles. The molecule has 0 spiro atoms. The van der Waals surface area contributed by atoms with Gasteiger partial charge in [0.25, 0.3) is 5.91 Å². The summed E-state index contributed by atoms with van der Waals surface area (Å²) in [6, 6.07) is 7.70. The molecule has 1 heterocycles. The van der Waals surface area contributed by atoms with Gasteiger partial charge in [-0.3, -0.25) is 9.59 Å². The summed E-state index contributed by atoms with van der Waals surface area (Å²) >= 11 is 0. The SMILES string of the molecule is C[C@H](OC(=O)C1CCCC1)C(=O)Nc1ccc(N2CCOCC2)cc1. The van der Waals surface area contributed by atoms with Gasteiger partial charge in [0.2, 0.25) is 0 Å². The third-order valence-electron chi connectivity index (χ3n) is 4.86. The largest absolute Gasteiger partial charge is 0.452 e. The minimum Gasteiger partial charge on any atom is -0.452 e. The van der Waals surface area contributed by atoms with Crippen LogP contribution in [0.1, 0.15) is 32.6 Å². The van der Waals surface area contributed by atoms with E-state index >= 15 is 0 Å². The van der Waals surface area contributed by atoms with Crippen LogP contribution in [0.2, 0.25) is 0 Å². The molecule has 0 aromatic heterocycles. The molecule has 1 aliphatic heterocycles. The third kappa shape index (κ3) is 4.72. The van der Waals surface area contributed by atoms with Gasteiger partial charge in [0.1, 0.15) is 0 Å². The molecule has 1 aliphatic carbocycles. The summed E-state index contributed by atoms with van der Waals surface area (Å²) in [5, 5.41) is 2.81. The Morgan fingerprint density at radius 3 is 2.44 bits per heavy atom. The first-order valence-corrected chi connectivity index (χ1v) is 9.07. The summed E-state index contributed by atoms with van der Waals surface area (Å²) in [5.41, 5.74) is 1.81. The Bertz CT molecular complexity index is 590. The second-order valence-electron chi connectivity index (χ2n) is 6.70. The van der Waals surface area contributed by atoms with Gasteiger partial charge in [0.15, 0.2) is 6.10 Å². The van der Waals surface area contributed by atoms with E-state index in [1.54, 1.807) is 6.92 Å². The van der Waals surface area contributed by atoms with Crippen LogP contribution in [0.3, 0.4) is 0 Å². The number of hydrogen-bond acceptors (Lipinski definition) is 5. The Balaban J connectivity index is 1.50. The smallest absolute Gasteiger partial charge is 0.309 e. The zero-order valence-electron chi connectivity index (χ0n) is 14.7. The number of morpholine rings is 1. The van der Waals surface area contributed by atoms with E-state index in [4.69, 9.17) is 9.47 Å². The number of nitrogens with zero attached hydrogens (tertiary/aromatic N) is 1. The van der Waals surface area contributed by atoms with Crippen LogP contribution < -0.4 is 10.2 Å². The van der Waals surface area contributed by atoms with Crippen molar-refractivity contribution in [2.45, 2.75) is 38.7 Å². The summed E-state index contributed by atoms with van der Waals surface area (Å²) in [7, 11) is 0. The van der Waals surface area contributed by atoms with Gasteiger partial charge in [-0.1, -0.05) is 12.8 Å². The Labute approximate surface area is 148 Å². The molecule has 6 nitrogen and oxygen atoms in total. The average Bonchev–Trinajstić information content (AvgIpc) is 3.18. The lowest BCUT2D eigenvalue weighted by Crippen LogP contribution is -2.36. The highest BCUT2D eigenvalue weighted by Gasteiger charge is 2.27. The molecular weight excluding hydrogens is 320 g/mol. The molecule has 1 amide bonds. The van der Waals surface area contributed by atoms with Crippen LogP contribution in [-0.2, 0) is 19.1 Å². The monoisotopic (exact) mass is 346 g/mol. The number of nitrogens with one attached hydrogen (secondary N) is 1. The molecule has 6 heteroatoms. The Hall–Kier alpha value is -2.08. The van der Waals surface area contributed by atoms with Crippen molar-refractivity contribution in [1.82, 2.24) is 0 Å². The Morgan fingerprint density at radius 1 is 1.16 bits per heavy atom. The van der Waals surface area contributed by atoms with Gasteiger partial charge in [0.05, 0.1) is 19.1 Å². The maximum atomic E-state index is 12.2. The highest BCUT2D eigenvalue weighted by atomic mass is 16.5. The van der Waals surface area contributed by atoms with Crippen molar-refractivity contribution in [2.75, 3.05) is 36.5 Å². The number of anilines is 2. The minimum absolute atomic E-state index is 0.0388. The lowest BCUT2D eigenvalue weighted by atomic mass is 10.1. The van der Waals surface area contributed by atoms with Gasteiger partial charge in [0, 0.05) is 24.5 Å². The number of carbonyl (C=O) groups excluding carboxylic acids is 2. The molecule has 1 N–H and O–H groups in total. The number of esters is 1. The summed E-state index contributed by atoms with van der Waals surface area (Å²) in [6.07, 6.45) is 3.09. The normalized spacial score (nSPS) is 19.5. The van der Waals surface area contributed by atoms with Crippen LogP contribution in [-0.4, -0.2) is 44.3 Å². The molecule has 1 aromatic rings. The molecule has 3 rings (SSSR count). The number of hydrogen-bond donors (Lipinski definition) is 1. The predicted octanol–water partition coefficient (Wildman–Crippen LogP) is 2.58. The second kappa shape index (κ2) is 8.34. The Morgan fingerprint density at radius 2 is 1.80 bits per heavy atom. The Kier molecular flexibility index (Phi) is 5.91. The van der Waals surface area contributed by atoms with Crippen molar-refractivity contribution in [3.05, 3.63) is 24.3 Å². The first-order chi connectivity index (χ1) is 12.1. The van der Waals surface area contributed by atoms with Crippen molar-refractivity contribution >= 4 is 23.3 Å². The van der Waals surface area contributed by atoms with Crippen molar-refractivity contribution in [3.63, 3.8) is 0 Å². The number of amides is 1. The van der Waals surface area contributed by atoms with Crippen LogP contribution in [0.5, 0.6) is 0 Å². The molecule has 0 bridgehead atoms. The van der Waals surface area contributed by atoms with Crippen LogP contribution in [0, 0.1) is 5.92 Å². The van der Waals surface area contributed by atoms with Crippen molar-refractivity contribution < 1.29 is 19.1 Å². The van der Waals surface area contributed by atoms with Gasteiger partial charge >= 0.3 is 5.97 Å². The van der Waals surface area contributed by atoms with Crippen molar-refractivity contribution in [3.8, 4) is 0 Å². The quantitative estimate of drug-likeness (QED) is 0.830. The topological polar surface area (TPSA) is 67.9 Å². The van der Waals surface area contributed by atoms with Gasteiger partial charge in [-0.05, 0) is 44.0 Å². The fraction of sp³-hybridized carbons (Fsp3) is 0.579. The van der Waals surface area contributed by atoms with Crippen LogP contribution in [0.25, 0.3) is 0 Å². The standard InChI is InChI=1S/C19H26N2O4/c1-14(25-19(23)15-4-2-3-5-15)18(22)20-16-6-8-17(9-7-16)21-10-12-24-13-11-21/h6-9,14-15H,2-5,10-13H2,1H3,(H,20,22)/t14-/m0/s1. The molecule has 1 saturated carbocycles. The van der Waals surface area contributed by atoms with E-state index in [0.29, 0.717) is 5.69 Å². The minimum atomic E-state index is -0.785. The average molecular weight is 346 g/mol. The zero-order valence-corrected chi connectivity index (χ0v) is 14.7. The number of carbonyl (C=O) groups is 2. The highest BCUT2D eigenvalue weighted by Crippen LogP contribution is 2.26. The molecular formula is C19H26N2O4. The summed E-state index contributed by atoms with van der Waals surface area (Å²) < 4.78 is 10.7. The van der Waals surface area contributed by atoms with E-state index in [1.165, 1.54) is 0 Å². The number of rotatable bonds is 5. The first-order valence-electron chi connectivity index (χ1n) is 9.07. The molecule has 1 atom stereocenters. The van der Waals surface area contributed by atoms with E-state index in [0.717, 1.165) is 57.7 Å². The third-order valence-corrected chi connectivity index (χ3v) is 4.86. The van der Waals surface area contributed by atoms with E-state index in [1.807, 2.05) is 24.3 Å². The van der Waals surface area contributed by atoms with Gasteiger partial charge in [-0.15, -0.1) is 0 Å². The molecule has 0 unspecified atom stereocenters. The van der Waals surface area contributed by atoms with E-state index in [-0.39, 0.29) is 17.8 Å². The van der Waals surface area contributed by atoms with Gasteiger partial charge < -0.3 is 19.7 Å². The van der Waals surface area contributed by atoms with E-state index in [2.05, 4.69) is 10.2 Å². The highest BCUT2D eigenvalue weighted by molar-refractivity contribution is 5.95. The fourth-order valence-electron chi connectivity index (χ4n) is 3.31. The maximum Gasteiger partial charge on any atom is 0.309 e. The second-order valence-corrected chi connectivity index (χ2v) is 6.70. The van der Waals surface area contributed by atoms with Crippen molar-refractivity contribution in [1.29, 1.82) is 0 Å². The lowest BCUT2D eigenvalue weighted by Gasteiger charge is -2.29. The zero-order chi connectivity index (χ0) is 17.6. The number of benzene rings is 1. The molecule has 2 aliphatic rings. The van der Waals surface area contributed by atoms with E-state index in [9.17, 15) is 9.59 Å². The molecule has 2 fully saturated rings. The molecule has 25 heavy (non-hydrogen) atoms. The van der Waals surface area contributed by atoms with Gasteiger partial charge in [-0.25, -0.2) is 0 Å². The molecule has 1 saturated heterocycles. The fourth-order valence-corrected chi connectivity index (χ4v) is 3.31. The van der Waals surface area contributed by atoms with E-state index < -0.39 is 6.10 Å². The summed E-state index contributed by atoms with van der Waals surface area (Å²) in [4.78, 5) is 26.5. The summed E-state index contributed by atoms with van der Waals surface area (Å²) in [6.45, 7) is 4.84. The molecule has 0 radical (unpaired) electrons. The van der Waals surface area contributed by atoms with Crippen LogP contribution in [0.4, 0.5) is 11.4 Å². The first kappa shape index (κ1) is 17.7. The van der Waals surface area contributed by atoms with Gasteiger partial charge in [-0.2, -0.15) is 0 Å². The lowest BCUT2D eigenvalue weighted by molar-refractivity contribution is -0.157. The molecule has 136 valence electrons. The maximum absolute atomic E-state index is 12.2. The van der Waals surface area contributed by atoms with Crippen LogP contribution >= 0.6 is 0 Å². The summed E-state index contributed by atoms with van der Waals surface area (Å²) in [5.74, 6) is -0.587. The number of ether oxygens (including phenoxy) is 2.